The molecule has 0 aliphatic carbocycles. The van der Waals surface area contributed by atoms with E-state index >= 15 is 0 Å². The minimum atomic E-state index is -0.400. The van der Waals surface area contributed by atoms with Gasteiger partial charge in [0.2, 0.25) is 0 Å². The van der Waals surface area contributed by atoms with Gasteiger partial charge in [-0.2, -0.15) is 20.5 Å². The average Bonchev–Trinajstić information content (AvgIpc) is 0.819. The van der Waals surface area contributed by atoms with Crippen LogP contribution in [-0.4, -0.2) is 43.9 Å². The predicted octanol–water partition coefficient (Wildman–Crippen LogP) is 29.3. The third-order valence-corrected chi connectivity index (χ3v) is 19.5. The maximum atomic E-state index is 12.1. The Balaban J connectivity index is 0.000000267. The summed E-state index contributed by atoms with van der Waals surface area (Å²) in [6.07, 6.45) is 45.7. The molecule has 13 nitrogen and oxygen atoms in total. The van der Waals surface area contributed by atoms with Crippen LogP contribution in [0.5, 0.6) is 23.0 Å². The fourth-order valence-electron chi connectivity index (χ4n) is 12.7. The molecule has 1 aliphatic rings. The fraction of sp³-hybridized carbons (Fsp3) is 0.448. The number of hydrogen-bond donors (Lipinski definition) is 0. The first kappa shape index (κ1) is 86.7. The van der Waals surface area contributed by atoms with Crippen LogP contribution < -0.4 is 18.9 Å². The normalized spacial score (nSPS) is 11.7. The zero-order chi connectivity index (χ0) is 77.1. The topological polar surface area (TPSA) is 156 Å². The van der Waals surface area contributed by atoms with Crippen LogP contribution in [0.15, 0.2) is 190 Å². The summed E-state index contributed by atoms with van der Waals surface area (Å²) in [5.74, 6) is 3.32. The molecule has 0 radical (unpaired) electrons. The first-order valence-corrected chi connectivity index (χ1v) is 41.3. The third-order valence-electron chi connectivity index (χ3n) is 19.5. The second-order valence-corrected chi connectivity index (χ2v) is 28.8. The van der Waals surface area contributed by atoms with Crippen LogP contribution in [0.3, 0.4) is 0 Å². The van der Waals surface area contributed by atoms with Crippen LogP contribution >= 0.6 is 0 Å². The number of unbranched alkanes of at least 4 members (excludes halogenated alkanes) is 24. The van der Waals surface area contributed by atoms with E-state index in [0.29, 0.717) is 31.8 Å². The highest BCUT2D eigenvalue weighted by atomic mass is 16.6. The Labute approximate surface area is 653 Å². The molecule has 13 heteroatoms. The summed E-state index contributed by atoms with van der Waals surface area (Å²) in [6, 6.07) is 55.1. The Bertz CT molecular complexity index is 3860. The number of esters is 1. The van der Waals surface area contributed by atoms with E-state index in [4.69, 9.17) is 44.1 Å². The highest BCUT2D eigenvalue weighted by Gasteiger charge is 2.15. The lowest BCUT2D eigenvalue weighted by Gasteiger charge is -2.16. The van der Waals surface area contributed by atoms with Gasteiger partial charge in [-0.15, -0.1) is 0 Å². The lowest BCUT2D eigenvalue weighted by molar-refractivity contribution is -0.384. The minimum Gasteiger partial charge on any atom is -0.494 e. The van der Waals surface area contributed by atoms with Gasteiger partial charge in [-0.05, 0) is 206 Å². The number of non-ortho nitro benzene ring substituents is 1. The number of nitro groups is 1. The van der Waals surface area contributed by atoms with E-state index in [9.17, 15) is 14.9 Å². The van der Waals surface area contributed by atoms with Gasteiger partial charge in [0.05, 0.1) is 66.3 Å². The molecule has 8 aromatic rings. The lowest BCUT2D eigenvalue weighted by atomic mass is 9.96. The smallest absolute Gasteiger partial charge is 0.338 e. The van der Waals surface area contributed by atoms with Crippen molar-refractivity contribution in [1.82, 2.24) is 0 Å². The van der Waals surface area contributed by atoms with Crippen LogP contribution in [0.25, 0.3) is 24.3 Å². The molecule has 8 bridgehead atoms. The number of azo groups is 2. The zero-order valence-corrected chi connectivity index (χ0v) is 66.9. The van der Waals surface area contributed by atoms with Crippen molar-refractivity contribution in [3.05, 3.63) is 241 Å². The Morgan fingerprint density at radius 2 is 0.642 bits per heavy atom. The van der Waals surface area contributed by atoms with Gasteiger partial charge in [-0.1, -0.05) is 262 Å². The molecule has 0 atom stereocenters. The van der Waals surface area contributed by atoms with Gasteiger partial charge in [0.1, 0.15) is 23.0 Å². The molecule has 9 rings (SSSR count). The predicted molar refractivity (Wildman–Crippen MR) is 454 cm³/mol. The molecule has 0 fully saturated rings. The van der Waals surface area contributed by atoms with Gasteiger partial charge in [0.25, 0.3) is 5.69 Å². The number of nitro benzene ring substituents is 1. The molecule has 0 unspecified atom stereocenters. The molecule has 1 aliphatic heterocycles. The number of carbonyl (C=O) groups excluding carboxylic acids is 1. The number of fused-ring (bicyclic) bond motifs is 8. The Morgan fingerprint density at radius 1 is 0.339 bits per heavy atom. The first-order chi connectivity index (χ1) is 53.4. The van der Waals surface area contributed by atoms with Crippen LogP contribution in [0.1, 0.15) is 287 Å². The molecule has 1 heterocycles. The number of rotatable bonds is 44. The number of nitrogens with zero attached hydrogens (tertiary/aromatic N) is 5. The molecule has 0 saturated carbocycles. The highest BCUT2D eigenvalue weighted by Crippen LogP contribution is 2.35. The van der Waals surface area contributed by atoms with E-state index in [0.717, 1.165) is 137 Å². The van der Waals surface area contributed by atoms with Gasteiger partial charge in [-0.25, -0.2) is 4.79 Å². The molecule has 8 aromatic carbocycles. The molecule has 0 N–H and O–H groups in total. The van der Waals surface area contributed by atoms with E-state index in [-0.39, 0.29) is 11.7 Å². The van der Waals surface area contributed by atoms with E-state index in [2.05, 4.69) is 115 Å². The summed E-state index contributed by atoms with van der Waals surface area (Å²) >= 11 is 0. The van der Waals surface area contributed by atoms with Crippen molar-refractivity contribution in [2.75, 3.05) is 33.0 Å². The monoisotopic (exact) mass is 1480 g/mol. The van der Waals surface area contributed by atoms with Crippen LogP contribution in [-0.2, 0) is 17.6 Å². The minimum absolute atomic E-state index is 0.101. The van der Waals surface area contributed by atoms with Crippen molar-refractivity contribution < 1.29 is 33.4 Å². The van der Waals surface area contributed by atoms with Crippen molar-refractivity contribution in [2.45, 2.75) is 248 Å². The summed E-state index contributed by atoms with van der Waals surface area (Å²) < 4.78 is 29.7. The van der Waals surface area contributed by atoms with Gasteiger partial charge < -0.3 is 23.7 Å². The molecule has 0 aromatic heterocycles. The van der Waals surface area contributed by atoms with Crippen molar-refractivity contribution in [3.8, 4) is 23.0 Å². The van der Waals surface area contributed by atoms with Gasteiger partial charge >= 0.3 is 5.97 Å². The summed E-state index contributed by atoms with van der Waals surface area (Å²) in [4.78, 5) is 22.2. The van der Waals surface area contributed by atoms with Crippen molar-refractivity contribution in [3.63, 3.8) is 0 Å². The lowest BCUT2D eigenvalue weighted by Crippen LogP contribution is -2.06. The quantitative estimate of drug-likeness (QED) is 0.0120. The van der Waals surface area contributed by atoms with Gasteiger partial charge in [0, 0.05) is 29.7 Å². The van der Waals surface area contributed by atoms with Gasteiger partial charge in [0.15, 0.2) is 0 Å². The number of hydrogen-bond acceptors (Lipinski definition) is 12. The molecule has 0 amide bonds. The number of aryl methyl sites for hydroxylation is 2. The Hall–Kier alpha value is -9.49. The van der Waals surface area contributed by atoms with Crippen molar-refractivity contribution >= 4 is 58.7 Å². The van der Waals surface area contributed by atoms with Gasteiger partial charge in [-0.3, -0.25) is 10.1 Å². The summed E-state index contributed by atoms with van der Waals surface area (Å²) in [7, 11) is 0. The summed E-state index contributed by atoms with van der Waals surface area (Å²) in [5, 5.41) is 29.5. The SMILES string of the molecule is CCCCCCCCCCCCOc1ccc2cc1Cc1cc(ccc1OCCCCCCCCCCCC)N=Nc1ccc(C)c(c1)Cc1cc(ccc1C)N=N2.CCCCCCOC(=O)c1ccc(/C=C/c2ccc(OCCCCCC)cc2)cc1.CCCOc1ccc(/C=C/c2ccc([N+](=O)[O-])cc2)cc1. The second kappa shape index (κ2) is 52.5. The number of benzene rings is 8. The number of carbonyl (C=O) groups is 1. The molecular weight excluding hydrogens is 1350 g/mol. The first-order valence-electron chi connectivity index (χ1n) is 41.3. The van der Waals surface area contributed by atoms with Crippen LogP contribution in [0.4, 0.5) is 28.4 Å². The summed E-state index contributed by atoms with van der Waals surface area (Å²) in [5.41, 5.74) is 15.2. The molecule has 582 valence electrons. The Kier molecular flexibility index (Phi) is 41.8. The van der Waals surface area contributed by atoms with Crippen molar-refractivity contribution in [1.29, 1.82) is 0 Å². The van der Waals surface area contributed by atoms with E-state index in [1.165, 1.54) is 182 Å². The largest absolute Gasteiger partial charge is 0.494 e. The highest BCUT2D eigenvalue weighted by molar-refractivity contribution is 5.89. The molecule has 0 saturated heterocycles. The maximum absolute atomic E-state index is 12.1. The molecular formula is C96H125N5O8. The second-order valence-electron chi connectivity index (χ2n) is 28.8. The van der Waals surface area contributed by atoms with Crippen molar-refractivity contribution in [2.24, 2.45) is 20.5 Å². The van der Waals surface area contributed by atoms with E-state index in [1.54, 1.807) is 12.1 Å². The Morgan fingerprint density at radius 3 is 1.02 bits per heavy atom. The zero-order valence-electron chi connectivity index (χ0n) is 66.9. The maximum Gasteiger partial charge on any atom is 0.338 e. The average molecular weight is 1480 g/mol. The molecule has 109 heavy (non-hydrogen) atoms. The van der Waals surface area contributed by atoms with Crippen LogP contribution in [0.2, 0.25) is 0 Å². The van der Waals surface area contributed by atoms with Crippen LogP contribution in [0, 0.1) is 24.0 Å². The number of ether oxygens (including phenoxy) is 5. The van der Waals surface area contributed by atoms with E-state index in [1.807, 2.05) is 103 Å². The van der Waals surface area contributed by atoms with E-state index < -0.39 is 4.92 Å². The molecule has 0 spiro atoms. The standard InChI is InChI=1S/C52H72N4O2.C27H36O3.C17H17NO3/c1-5-7-9-11-13-15-17-19-21-23-33-57-51-31-29-49-39-45(51)36-46-40-50(30-32-52(46)58-34-24-22-20-18-16-14-12-10-8-6-2)56-54-48-28-26-42(4)44(38-48)35-43-37-47(53-55-49)27-25-41(43)3;1-3-5-7-9-21-29-26-19-15-24(16-20-26)12-11-23-13-17-25(18-14-23)27(28)30-22-10-8-6-4-2;1-2-13-21-17-11-7-15(8-12-17)4-3-14-5-9-16(10-6-14)18(19)20/h25-32,37-40H,5-24,33-36H2,1-4H3;11-20H,3-10,21-22H2,1-2H3;3-12H,2,13H2,1H3/b;12-11+;4-3+. The third kappa shape index (κ3) is 34.7. The summed E-state index contributed by atoms with van der Waals surface area (Å²) in [6.45, 7) is 18.7. The fourth-order valence-corrected chi connectivity index (χ4v) is 12.7.